The Morgan fingerprint density at radius 1 is 1.39 bits per heavy atom. The van der Waals surface area contributed by atoms with Crippen LogP contribution >= 0.6 is 11.6 Å². The number of aromatic nitrogens is 1. The molecule has 1 aliphatic rings. The summed E-state index contributed by atoms with van der Waals surface area (Å²) >= 11 is 5.97. The number of carboxylic acids is 1. The van der Waals surface area contributed by atoms with Gasteiger partial charge in [-0.2, -0.15) is 0 Å². The molecule has 1 aromatic heterocycles. The fraction of sp³-hybridized carbons (Fsp3) is 0.286. The maximum Gasteiger partial charge on any atom is 0.314 e. The summed E-state index contributed by atoms with van der Waals surface area (Å²) in [4.78, 5) is 15.6. The van der Waals surface area contributed by atoms with Crippen LogP contribution in [-0.4, -0.2) is 16.1 Å². The van der Waals surface area contributed by atoms with Crippen LogP contribution in [0.25, 0.3) is 10.9 Å². The van der Waals surface area contributed by atoms with Gasteiger partial charge in [0.1, 0.15) is 5.15 Å². The molecule has 0 radical (unpaired) electrons. The van der Waals surface area contributed by atoms with E-state index in [9.17, 15) is 9.90 Å². The third kappa shape index (κ3) is 1.58. The molecule has 0 spiro atoms. The van der Waals surface area contributed by atoms with Crippen molar-refractivity contribution < 1.29 is 9.90 Å². The molecule has 92 valence electrons. The summed E-state index contributed by atoms with van der Waals surface area (Å²) in [5, 5.41) is 10.7. The lowest BCUT2D eigenvalue weighted by Gasteiger charge is -2.11. The van der Waals surface area contributed by atoms with E-state index in [1.165, 1.54) is 0 Å². The lowest BCUT2D eigenvalue weighted by atomic mass is 9.94. The Morgan fingerprint density at radius 2 is 2.11 bits per heavy atom. The minimum atomic E-state index is -0.736. The summed E-state index contributed by atoms with van der Waals surface area (Å²) < 4.78 is 0. The number of halogens is 1. The van der Waals surface area contributed by atoms with Gasteiger partial charge in [-0.3, -0.25) is 4.79 Å². The molecule has 0 aliphatic heterocycles. The number of aliphatic carboxylic acids is 1. The molecule has 18 heavy (non-hydrogen) atoms. The fourth-order valence-corrected chi connectivity index (χ4v) is 2.45. The Balaban J connectivity index is 2.17. The number of pyridine rings is 1. The van der Waals surface area contributed by atoms with Gasteiger partial charge < -0.3 is 5.11 Å². The molecule has 0 saturated heterocycles. The van der Waals surface area contributed by atoms with Gasteiger partial charge in [-0.05, 0) is 49.1 Å². The minimum Gasteiger partial charge on any atom is -0.481 e. The van der Waals surface area contributed by atoms with Gasteiger partial charge >= 0.3 is 5.97 Å². The van der Waals surface area contributed by atoms with Crippen LogP contribution in [0.15, 0.2) is 24.3 Å². The number of hydrogen-bond donors (Lipinski definition) is 1. The van der Waals surface area contributed by atoms with E-state index in [1.54, 1.807) is 0 Å². The summed E-state index contributed by atoms with van der Waals surface area (Å²) in [5.41, 5.74) is 1.91. The second-order valence-electron chi connectivity index (χ2n) is 4.89. The van der Waals surface area contributed by atoms with E-state index >= 15 is 0 Å². The zero-order chi connectivity index (χ0) is 12.9. The highest BCUT2D eigenvalue weighted by Gasteiger charge is 2.51. The third-order valence-electron chi connectivity index (χ3n) is 3.66. The van der Waals surface area contributed by atoms with Gasteiger partial charge in [0.15, 0.2) is 0 Å². The number of hydrogen-bond acceptors (Lipinski definition) is 2. The van der Waals surface area contributed by atoms with Gasteiger partial charge in [-0.15, -0.1) is 0 Å². The summed E-state index contributed by atoms with van der Waals surface area (Å²) in [6.45, 7) is 1.89. The average Bonchev–Trinajstić information content (AvgIpc) is 3.11. The molecule has 0 bridgehead atoms. The van der Waals surface area contributed by atoms with Crippen LogP contribution in [0.2, 0.25) is 5.15 Å². The number of aryl methyl sites for hydroxylation is 1. The van der Waals surface area contributed by atoms with E-state index in [1.807, 2.05) is 31.2 Å². The van der Waals surface area contributed by atoms with Gasteiger partial charge in [0, 0.05) is 5.39 Å². The van der Waals surface area contributed by atoms with Gasteiger partial charge in [-0.25, -0.2) is 4.98 Å². The fourth-order valence-electron chi connectivity index (χ4n) is 2.31. The van der Waals surface area contributed by atoms with Crippen molar-refractivity contribution in [3.63, 3.8) is 0 Å². The second-order valence-corrected chi connectivity index (χ2v) is 5.25. The number of carboxylic acid groups (broad SMARTS) is 1. The van der Waals surface area contributed by atoms with Crippen molar-refractivity contribution >= 4 is 28.5 Å². The van der Waals surface area contributed by atoms with Crippen molar-refractivity contribution in [3.8, 4) is 0 Å². The first-order chi connectivity index (χ1) is 8.53. The van der Waals surface area contributed by atoms with E-state index < -0.39 is 11.4 Å². The molecule has 0 unspecified atom stereocenters. The Hall–Kier alpha value is -1.61. The Morgan fingerprint density at radius 3 is 2.72 bits per heavy atom. The third-order valence-corrected chi connectivity index (χ3v) is 4.04. The van der Waals surface area contributed by atoms with Crippen molar-refractivity contribution in [3.05, 3.63) is 40.5 Å². The molecule has 4 heteroatoms. The maximum atomic E-state index is 11.3. The summed E-state index contributed by atoms with van der Waals surface area (Å²) in [5.74, 6) is -0.736. The molecule has 1 aromatic carbocycles. The highest BCUT2D eigenvalue weighted by Crippen LogP contribution is 2.48. The number of rotatable bonds is 2. The zero-order valence-electron chi connectivity index (χ0n) is 9.90. The molecular weight excluding hydrogens is 250 g/mol. The maximum absolute atomic E-state index is 11.3. The minimum absolute atomic E-state index is 0.495. The first-order valence-corrected chi connectivity index (χ1v) is 6.21. The van der Waals surface area contributed by atoms with Crippen molar-refractivity contribution in [2.24, 2.45) is 0 Å². The zero-order valence-corrected chi connectivity index (χ0v) is 10.7. The van der Waals surface area contributed by atoms with Gasteiger partial charge in [0.05, 0.1) is 10.9 Å². The van der Waals surface area contributed by atoms with Crippen molar-refractivity contribution in [1.82, 2.24) is 4.98 Å². The Bertz CT molecular complexity index is 662. The molecule has 3 nitrogen and oxygen atoms in total. The molecule has 1 fully saturated rings. The molecule has 1 aliphatic carbocycles. The first kappa shape index (κ1) is 11.5. The van der Waals surface area contributed by atoms with Crippen LogP contribution in [0.5, 0.6) is 0 Å². The lowest BCUT2D eigenvalue weighted by Crippen LogP contribution is -2.19. The van der Waals surface area contributed by atoms with Crippen molar-refractivity contribution in [2.75, 3.05) is 0 Å². The molecule has 3 rings (SSSR count). The number of benzene rings is 1. The molecule has 2 aromatic rings. The molecule has 0 atom stereocenters. The highest BCUT2D eigenvalue weighted by molar-refractivity contribution is 6.30. The predicted molar refractivity (Wildman–Crippen MR) is 70.0 cm³/mol. The number of carbonyl (C=O) groups is 1. The van der Waals surface area contributed by atoms with Gasteiger partial charge in [0.2, 0.25) is 0 Å². The van der Waals surface area contributed by atoms with E-state index in [0.29, 0.717) is 18.0 Å². The van der Waals surface area contributed by atoms with E-state index in [-0.39, 0.29) is 0 Å². The van der Waals surface area contributed by atoms with Crippen LogP contribution < -0.4 is 0 Å². The molecule has 1 heterocycles. The van der Waals surface area contributed by atoms with Crippen LogP contribution in [0, 0.1) is 6.92 Å². The van der Waals surface area contributed by atoms with E-state index in [0.717, 1.165) is 22.0 Å². The normalized spacial score (nSPS) is 16.8. The van der Waals surface area contributed by atoms with Gasteiger partial charge in [0.25, 0.3) is 0 Å². The quantitative estimate of drug-likeness (QED) is 0.844. The van der Waals surface area contributed by atoms with Crippen molar-refractivity contribution in [1.29, 1.82) is 0 Å². The highest BCUT2D eigenvalue weighted by atomic mass is 35.5. The monoisotopic (exact) mass is 261 g/mol. The average molecular weight is 262 g/mol. The van der Waals surface area contributed by atoms with E-state index in [2.05, 4.69) is 4.98 Å². The SMILES string of the molecule is Cc1cc2cc(C3(C(=O)O)CC3)ccc2nc1Cl. The molecule has 1 N–H and O–H groups in total. The molecule has 0 amide bonds. The van der Waals surface area contributed by atoms with Gasteiger partial charge in [-0.1, -0.05) is 17.7 Å². The van der Waals surface area contributed by atoms with E-state index in [4.69, 9.17) is 11.6 Å². The summed E-state index contributed by atoms with van der Waals surface area (Å²) in [6.07, 6.45) is 1.43. The number of nitrogens with zero attached hydrogens (tertiary/aromatic N) is 1. The smallest absolute Gasteiger partial charge is 0.314 e. The van der Waals surface area contributed by atoms with Crippen LogP contribution in [0.1, 0.15) is 24.0 Å². The lowest BCUT2D eigenvalue weighted by molar-refractivity contribution is -0.140. The van der Waals surface area contributed by atoms with Crippen molar-refractivity contribution in [2.45, 2.75) is 25.2 Å². The first-order valence-electron chi connectivity index (χ1n) is 5.84. The standard InChI is InChI=1S/C14H12ClNO2/c1-8-6-9-7-10(14(4-5-14)13(17)18)2-3-11(9)16-12(8)15/h2-3,6-7H,4-5H2,1H3,(H,17,18). The Kier molecular flexibility index (Phi) is 2.35. The van der Waals surface area contributed by atoms with Crippen LogP contribution in [0.4, 0.5) is 0 Å². The second kappa shape index (κ2) is 3.69. The number of fused-ring (bicyclic) bond motifs is 1. The summed E-state index contributed by atoms with van der Waals surface area (Å²) in [7, 11) is 0. The Labute approximate surface area is 109 Å². The van der Waals surface area contributed by atoms with Crippen LogP contribution in [0.3, 0.4) is 0 Å². The largest absolute Gasteiger partial charge is 0.481 e. The van der Waals surface area contributed by atoms with Crippen LogP contribution in [-0.2, 0) is 10.2 Å². The predicted octanol–water partition coefficient (Wildman–Crippen LogP) is 3.31. The molecule has 1 saturated carbocycles. The summed E-state index contributed by atoms with van der Waals surface area (Å²) in [6, 6.07) is 7.57. The topological polar surface area (TPSA) is 50.2 Å². The molecular formula is C14H12ClNO2.